The lowest BCUT2D eigenvalue weighted by Gasteiger charge is -2.11. The lowest BCUT2D eigenvalue weighted by Crippen LogP contribution is -2.26. The summed E-state index contributed by atoms with van der Waals surface area (Å²) in [6.45, 7) is 2.75. The fraction of sp³-hybridized carbons (Fsp3) is 0.143. The molecule has 1 amide bonds. The van der Waals surface area contributed by atoms with Crippen LogP contribution < -0.4 is 10.6 Å². The van der Waals surface area contributed by atoms with Crippen LogP contribution in [0, 0.1) is 18.3 Å². The minimum Gasteiger partial charge on any atom is -0.369 e. The first-order valence-electron chi connectivity index (χ1n) is 12.1. The number of aryl methyl sites for hydroxylation is 1. The average molecular weight is 556 g/mol. The maximum absolute atomic E-state index is 13.3. The van der Waals surface area contributed by atoms with E-state index in [4.69, 9.17) is 11.6 Å². The molecule has 0 unspecified atom stereocenters. The number of aromatic nitrogens is 4. The Morgan fingerprint density at radius 3 is 2.51 bits per heavy atom. The van der Waals surface area contributed by atoms with E-state index in [-0.39, 0.29) is 22.9 Å². The molecule has 0 saturated heterocycles. The van der Waals surface area contributed by atoms with E-state index < -0.39 is 0 Å². The highest BCUT2D eigenvalue weighted by atomic mass is 35.5. The number of nitrogens with one attached hydrogen (secondary N) is 2. The van der Waals surface area contributed by atoms with Gasteiger partial charge in [0.05, 0.1) is 10.4 Å². The van der Waals surface area contributed by atoms with Crippen molar-refractivity contribution >= 4 is 50.9 Å². The molecule has 5 aromatic rings. The first-order chi connectivity index (χ1) is 18.9. The minimum absolute atomic E-state index is 0.0547. The number of halogens is 1. The molecule has 0 saturated carbocycles. The van der Waals surface area contributed by atoms with Crippen molar-refractivity contribution in [3.8, 4) is 11.8 Å². The van der Waals surface area contributed by atoms with Gasteiger partial charge in [0.1, 0.15) is 23.0 Å². The number of nitriles is 1. The van der Waals surface area contributed by atoms with Crippen LogP contribution in [0.1, 0.15) is 44.0 Å². The van der Waals surface area contributed by atoms with Gasteiger partial charge in [0.2, 0.25) is 5.78 Å². The number of hydrogen-bond acceptors (Lipinski definition) is 8. The maximum atomic E-state index is 13.3. The molecule has 2 heterocycles. The fourth-order valence-electron chi connectivity index (χ4n) is 3.98. The molecule has 0 spiro atoms. The largest absolute Gasteiger partial charge is 0.369 e. The van der Waals surface area contributed by atoms with Crippen molar-refractivity contribution in [1.82, 2.24) is 24.7 Å². The van der Waals surface area contributed by atoms with Crippen LogP contribution in [-0.2, 0) is 0 Å². The molecule has 2 N–H and O–H groups in total. The predicted octanol–water partition coefficient (Wildman–Crippen LogP) is 5.17. The zero-order valence-electron chi connectivity index (χ0n) is 20.8. The molecular weight excluding hydrogens is 534 g/mol. The maximum Gasteiger partial charge on any atom is 0.251 e. The van der Waals surface area contributed by atoms with E-state index in [2.05, 4.69) is 31.4 Å². The van der Waals surface area contributed by atoms with Crippen LogP contribution in [-0.4, -0.2) is 44.1 Å². The third-order valence-electron chi connectivity index (χ3n) is 6.04. The van der Waals surface area contributed by atoms with Crippen molar-refractivity contribution in [3.05, 3.63) is 99.7 Å². The van der Waals surface area contributed by atoms with Crippen LogP contribution in [0.2, 0.25) is 5.02 Å². The number of rotatable bonds is 9. The summed E-state index contributed by atoms with van der Waals surface area (Å²) in [6.07, 6.45) is 0.560. The van der Waals surface area contributed by atoms with Crippen LogP contribution >= 0.6 is 23.1 Å². The Bertz CT molecular complexity index is 1700. The summed E-state index contributed by atoms with van der Waals surface area (Å²) in [6, 6.07) is 21.5. The van der Waals surface area contributed by atoms with Crippen LogP contribution in [0.4, 0.5) is 5.82 Å². The first-order valence-corrected chi connectivity index (χ1v) is 13.2. The van der Waals surface area contributed by atoms with Gasteiger partial charge in [0.15, 0.2) is 5.69 Å². The molecule has 2 aromatic heterocycles. The van der Waals surface area contributed by atoms with Crippen molar-refractivity contribution in [3.63, 3.8) is 0 Å². The van der Waals surface area contributed by atoms with Gasteiger partial charge in [-0.15, -0.1) is 5.10 Å². The molecule has 194 valence electrons. The van der Waals surface area contributed by atoms with Crippen LogP contribution in [0.15, 0.2) is 66.7 Å². The van der Waals surface area contributed by atoms with E-state index in [0.29, 0.717) is 52.7 Å². The summed E-state index contributed by atoms with van der Waals surface area (Å²) < 4.78 is 6.34. The molecular formula is C28H22ClN7O2S. The molecule has 9 nitrogen and oxygen atoms in total. The Hall–Kier alpha value is -4.59. The Kier molecular flexibility index (Phi) is 7.63. The molecule has 0 aliphatic heterocycles. The molecule has 0 radical (unpaired) electrons. The Morgan fingerprint density at radius 2 is 1.77 bits per heavy atom. The molecule has 3 aromatic carbocycles. The molecule has 0 aliphatic rings. The first kappa shape index (κ1) is 26.0. The van der Waals surface area contributed by atoms with Gasteiger partial charge in [-0.3, -0.25) is 9.59 Å². The number of carbonyl (C=O) groups excluding carboxylic acids is 2. The number of fused-ring (bicyclic) bond motifs is 1. The van der Waals surface area contributed by atoms with E-state index >= 15 is 0 Å². The summed E-state index contributed by atoms with van der Waals surface area (Å²) in [5.41, 5.74) is 3.50. The zero-order chi connectivity index (χ0) is 27.4. The smallest absolute Gasteiger partial charge is 0.251 e. The highest BCUT2D eigenvalue weighted by Gasteiger charge is 2.25. The lowest BCUT2D eigenvalue weighted by atomic mass is 10.0. The standard InChI is InChI=1S/C28H22ClN7O2S/c1-17-3-5-18(6-4-17)26(37)25-22(16-30)27(36(34-25)21-10-8-20(29)9-11-21)31-13-2-14-32-28(38)19-7-12-24-23(15-19)33-35-39-24/h3-12,15,31H,2,13-14H2,1H3,(H,32,38). The zero-order valence-corrected chi connectivity index (χ0v) is 22.4. The quantitative estimate of drug-likeness (QED) is 0.190. The summed E-state index contributed by atoms with van der Waals surface area (Å²) >= 11 is 7.34. The molecule has 0 bridgehead atoms. The van der Waals surface area contributed by atoms with Crippen LogP contribution in [0.25, 0.3) is 15.9 Å². The molecule has 0 atom stereocenters. The Balaban J connectivity index is 1.32. The molecule has 11 heteroatoms. The summed E-state index contributed by atoms with van der Waals surface area (Å²) in [5, 5.41) is 25.2. The Labute approximate surface area is 233 Å². The number of carbonyl (C=O) groups is 2. The van der Waals surface area contributed by atoms with Crippen molar-refractivity contribution in [2.45, 2.75) is 13.3 Å². The van der Waals surface area contributed by atoms with E-state index in [9.17, 15) is 14.9 Å². The molecule has 5 rings (SSSR count). The van der Waals surface area contributed by atoms with Gasteiger partial charge in [0, 0.05) is 29.2 Å². The van der Waals surface area contributed by atoms with Gasteiger partial charge >= 0.3 is 0 Å². The number of benzene rings is 3. The molecule has 39 heavy (non-hydrogen) atoms. The lowest BCUT2D eigenvalue weighted by molar-refractivity contribution is 0.0953. The van der Waals surface area contributed by atoms with Crippen molar-refractivity contribution in [2.24, 2.45) is 0 Å². The SMILES string of the molecule is Cc1ccc(C(=O)c2nn(-c3ccc(Cl)cc3)c(NCCCNC(=O)c3ccc4snnc4c3)c2C#N)cc1. The van der Waals surface area contributed by atoms with Crippen molar-refractivity contribution in [2.75, 3.05) is 18.4 Å². The molecule has 0 fully saturated rings. The second-order valence-electron chi connectivity index (χ2n) is 8.76. The minimum atomic E-state index is -0.346. The Morgan fingerprint density at radius 1 is 1.03 bits per heavy atom. The summed E-state index contributed by atoms with van der Waals surface area (Å²) in [4.78, 5) is 25.9. The topological polar surface area (TPSA) is 126 Å². The third-order valence-corrected chi connectivity index (χ3v) is 6.99. The van der Waals surface area contributed by atoms with Gasteiger partial charge in [-0.25, -0.2) is 4.68 Å². The van der Waals surface area contributed by atoms with Gasteiger partial charge in [-0.05, 0) is 67.3 Å². The van der Waals surface area contributed by atoms with E-state index in [0.717, 1.165) is 10.3 Å². The van der Waals surface area contributed by atoms with E-state index in [1.165, 1.54) is 16.2 Å². The van der Waals surface area contributed by atoms with Gasteiger partial charge in [-0.2, -0.15) is 10.4 Å². The highest BCUT2D eigenvalue weighted by Crippen LogP contribution is 2.26. The predicted molar refractivity (Wildman–Crippen MR) is 151 cm³/mol. The number of amides is 1. The third kappa shape index (κ3) is 5.65. The van der Waals surface area contributed by atoms with Gasteiger partial charge < -0.3 is 10.6 Å². The number of hydrogen-bond donors (Lipinski definition) is 2. The normalized spacial score (nSPS) is 10.8. The van der Waals surface area contributed by atoms with Gasteiger partial charge in [0.25, 0.3) is 5.91 Å². The fourth-order valence-corrected chi connectivity index (χ4v) is 4.64. The number of anilines is 1. The summed E-state index contributed by atoms with van der Waals surface area (Å²) in [7, 11) is 0. The van der Waals surface area contributed by atoms with E-state index in [1.54, 1.807) is 48.5 Å². The average Bonchev–Trinajstić information content (AvgIpc) is 3.57. The van der Waals surface area contributed by atoms with Crippen LogP contribution in [0.5, 0.6) is 0 Å². The monoisotopic (exact) mass is 555 g/mol. The second kappa shape index (κ2) is 11.4. The number of ketones is 1. The number of nitrogens with zero attached hydrogens (tertiary/aromatic N) is 5. The van der Waals surface area contributed by atoms with Crippen molar-refractivity contribution in [1.29, 1.82) is 5.26 Å². The van der Waals surface area contributed by atoms with E-state index in [1.807, 2.05) is 25.1 Å². The second-order valence-corrected chi connectivity index (χ2v) is 9.98. The summed E-state index contributed by atoms with van der Waals surface area (Å²) in [5.74, 6) is -0.162. The highest BCUT2D eigenvalue weighted by molar-refractivity contribution is 7.12. The molecule has 0 aliphatic carbocycles. The van der Waals surface area contributed by atoms with Crippen LogP contribution in [0.3, 0.4) is 0 Å². The van der Waals surface area contributed by atoms with Gasteiger partial charge in [-0.1, -0.05) is 45.9 Å². The van der Waals surface area contributed by atoms with Crippen molar-refractivity contribution < 1.29 is 9.59 Å².